The third-order valence-corrected chi connectivity index (χ3v) is 16.2. The van der Waals surface area contributed by atoms with Gasteiger partial charge in [-0.25, -0.2) is 0 Å². The Morgan fingerprint density at radius 3 is 1.16 bits per heavy atom. The molecule has 300 valence electrons. The maximum absolute atomic E-state index is 9.53. The highest BCUT2D eigenvalue weighted by atomic mass is 28.3. The van der Waals surface area contributed by atoms with Crippen molar-refractivity contribution < 1.29 is 0 Å². The Balaban J connectivity index is 1.07. The summed E-state index contributed by atoms with van der Waals surface area (Å²) in [4.78, 5) is 4.56. The zero-order valence-electron chi connectivity index (χ0n) is 36.5. The Kier molecular flexibility index (Phi) is 10.8. The molecule has 7 aromatic carbocycles. The van der Waals surface area contributed by atoms with Crippen LogP contribution < -0.4 is 20.2 Å². The third-order valence-electron chi connectivity index (χ3n) is 12.1. The molecule has 1 aliphatic rings. The molecule has 0 spiro atoms. The zero-order chi connectivity index (χ0) is 43.1. The first-order valence-corrected chi connectivity index (χ1v) is 28.0. The van der Waals surface area contributed by atoms with Gasteiger partial charge in [0, 0.05) is 39.5 Å². The van der Waals surface area contributed by atoms with Crippen molar-refractivity contribution in [3.63, 3.8) is 0 Å². The van der Waals surface area contributed by atoms with Gasteiger partial charge in [-0.1, -0.05) is 136 Å². The number of nitrogens with zero attached hydrogens (tertiary/aromatic N) is 4. The van der Waals surface area contributed by atoms with Gasteiger partial charge in [0.2, 0.25) is 0 Å². The number of benzene rings is 7. The van der Waals surface area contributed by atoms with Crippen LogP contribution in [0.25, 0.3) is 23.3 Å². The van der Waals surface area contributed by atoms with Gasteiger partial charge in [0.05, 0.1) is 39.4 Å². The Morgan fingerprint density at radius 1 is 0.410 bits per heavy atom. The monoisotopic (exact) mass is 824 g/mol. The molecule has 0 radical (unpaired) electrons. The fraction of sp³-hybridized carbons (Fsp3) is 0.164. The number of fused-ring (bicyclic) bond motifs is 3. The van der Waals surface area contributed by atoms with Crippen LogP contribution >= 0.6 is 0 Å². The summed E-state index contributed by atoms with van der Waals surface area (Å²) in [5.74, 6) is 0. The molecule has 0 bridgehead atoms. The number of rotatable bonds is 10. The Morgan fingerprint density at radius 2 is 0.738 bits per heavy atom. The molecule has 8 rings (SSSR count). The van der Waals surface area contributed by atoms with Crippen LogP contribution in [0.5, 0.6) is 0 Å². The van der Waals surface area contributed by atoms with E-state index < -0.39 is 16.1 Å². The maximum Gasteiger partial charge on any atom is 0.0991 e. The van der Waals surface area contributed by atoms with Crippen molar-refractivity contribution in [3.8, 4) is 23.3 Å². The summed E-state index contributed by atoms with van der Waals surface area (Å²) >= 11 is 0. The van der Waals surface area contributed by atoms with Crippen LogP contribution in [0.1, 0.15) is 47.2 Å². The van der Waals surface area contributed by atoms with E-state index in [4.69, 9.17) is 0 Å². The van der Waals surface area contributed by atoms with Crippen molar-refractivity contribution in [2.75, 3.05) is 9.80 Å². The van der Waals surface area contributed by atoms with Crippen LogP contribution in [0.4, 0.5) is 34.1 Å². The molecular formula is C55H52N4Si2. The van der Waals surface area contributed by atoms with E-state index in [0.717, 1.165) is 45.3 Å². The van der Waals surface area contributed by atoms with Gasteiger partial charge in [-0.2, -0.15) is 10.5 Å². The molecule has 61 heavy (non-hydrogen) atoms. The summed E-state index contributed by atoms with van der Waals surface area (Å²) < 4.78 is 0. The summed E-state index contributed by atoms with van der Waals surface area (Å²) in [6, 6.07) is 60.6. The summed E-state index contributed by atoms with van der Waals surface area (Å²) in [5, 5.41) is 21.8. The number of hydrogen-bond donors (Lipinski definition) is 0. The average molecular weight is 825 g/mol. The molecule has 6 heteroatoms. The smallest absolute Gasteiger partial charge is 0.0991 e. The lowest BCUT2D eigenvalue weighted by Crippen LogP contribution is -2.37. The van der Waals surface area contributed by atoms with Crippen LogP contribution in [0.3, 0.4) is 0 Å². The minimum absolute atomic E-state index is 0.216. The highest BCUT2D eigenvalue weighted by molar-refractivity contribution is 6.89. The van der Waals surface area contributed by atoms with Crippen molar-refractivity contribution >= 4 is 72.8 Å². The standard InChI is InChI=1S/C55H52N4Si2/c1-55(2)53-35-40(10-9-39-11-18-43(19-12-39)58(44-20-13-41(37-56)14-21-44)46-24-29-49(30-25-46)60(3,4)5)17-33-51(53)52-34-28-48(36-54(52)55)59(45-22-15-42(38-57)16-23-45)47-26-31-50(32-27-47)61(6,7)8/h9-36H,1-8H3/b10-9+. The lowest BCUT2D eigenvalue weighted by atomic mass is 9.81. The van der Waals surface area contributed by atoms with Gasteiger partial charge in [0.1, 0.15) is 0 Å². The molecule has 0 saturated heterocycles. The van der Waals surface area contributed by atoms with E-state index in [1.807, 2.05) is 48.5 Å². The summed E-state index contributed by atoms with van der Waals surface area (Å²) in [6.07, 6.45) is 4.40. The molecule has 0 N–H and O–H groups in total. The number of hydrogen-bond acceptors (Lipinski definition) is 4. The number of nitriles is 2. The summed E-state index contributed by atoms with van der Waals surface area (Å²) in [5.41, 5.74) is 14.9. The zero-order valence-corrected chi connectivity index (χ0v) is 38.5. The molecule has 0 unspecified atom stereocenters. The fourth-order valence-electron chi connectivity index (χ4n) is 8.40. The van der Waals surface area contributed by atoms with Gasteiger partial charge in [-0.3, -0.25) is 0 Å². The van der Waals surface area contributed by atoms with Crippen LogP contribution in [0, 0.1) is 22.7 Å². The van der Waals surface area contributed by atoms with E-state index in [1.54, 1.807) is 0 Å². The van der Waals surface area contributed by atoms with Crippen LogP contribution in [0.2, 0.25) is 39.3 Å². The van der Waals surface area contributed by atoms with Gasteiger partial charge in [0.25, 0.3) is 0 Å². The Labute approximate surface area is 364 Å². The normalized spacial score (nSPS) is 13.0. The largest absolute Gasteiger partial charge is 0.311 e. The molecule has 0 saturated carbocycles. The van der Waals surface area contributed by atoms with Crippen LogP contribution in [0.15, 0.2) is 158 Å². The predicted octanol–water partition coefficient (Wildman–Crippen LogP) is 13.9. The van der Waals surface area contributed by atoms with Crippen LogP contribution in [-0.2, 0) is 5.41 Å². The molecule has 1 aliphatic carbocycles. The van der Waals surface area contributed by atoms with Crippen molar-refractivity contribution in [2.24, 2.45) is 0 Å². The summed E-state index contributed by atoms with van der Waals surface area (Å²) in [6.45, 7) is 18.9. The van der Waals surface area contributed by atoms with Crippen molar-refractivity contribution in [1.82, 2.24) is 0 Å². The average Bonchev–Trinajstić information content (AvgIpc) is 3.48. The highest BCUT2D eigenvalue weighted by Crippen LogP contribution is 2.51. The molecule has 0 amide bonds. The van der Waals surface area contributed by atoms with Gasteiger partial charge in [-0.05, 0) is 130 Å². The SMILES string of the molecule is CC1(C)c2cc(/C=C/c3ccc(N(c4ccc(C#N)cc4)c4ccc([Si](C)(C)C)cc4)cc3)ccc2-c2ccc(N(c3ccc(C#N)cc3)c3ccc([Si](C)(C)C)cc3)cc21. The van der Waals surface area contributed by atoms with E-state index >= 15 is 0 Å². The lowest BCUT2D eigenvalue weighted by molar-refractivity contribution is 0.660. The molecule has 0 aromatic heterocycles. The fourth-order valence-corrected chi connectivity index (χ4v) is 10.7. The second kappa shape index (κ2) is 16.0. The first kappa shape index (κ1) is 41.0. The van der Waals surface area contributed by atoms with Gasteiger partial charge >= 0.3 is 0 Å². The molecule has 4 nitrogen and oxygen atoms in total. The van der Waals surface area contributed by atoms with Gasteiger partial charge in [0.15, 0.2) is 0 Å². The maximum atomic E-state index is 9.53. The summed E-state index contributed by atoms with van der Waals surface area (Å²) in [7, 11) is -2.91. The minimum Gasteiger partial charge on any atom is -0.311 e. The predicted molar refractivity (Wildman–Crippen MR) is 264 cm³/mol. The van der Waals surface area contributed by atoms with Crippen molar-refractivity contribution in [3.05, 3.63) is 191 Å². The topological polar surface area (TPSA) is 54.1 Å². The molecule has 7 aromatic rings. The first-order valence-electron chi connectivity index (χ1n) is 21.0. The van der Waals surface area contributed by atoms with E-state index in [1.165, 1.54) is 32.6 Å². The molecule has 0 atom stereocenters. The highest BCUT2D eigenvalue weighted by Gasteiger charge is 2.36. The Bertz CT molecular complexity index is 2830. The van der Waals surface area contributed by atoms with Crippen LogP contribution in [-0.4, -0.2) is 16.1 Å². The Hall–Kier alpha value is -6.71. The second-order valence-corrected chi connectivity index (χ2v) is 28.8. The number of anilines is 6. The van der Waals surface area contributed by atoms with E-state index in [9.17, 15) is 10.5 Å². The first-order chi connectivity index (χ1) is 29.1. The molecule has 0 heterocycles. The van der Waals surface area contributed by atoms with E-state index in [-0.39, 0.29) is 5.41 Å². The molecular weight excluding hydrogens is 773 g/mol. The van der Waals surface area contributed by atoms with Crippen molar-refractivity contribution in [2.45, 2.75) is 58.5 Å². The second-order valence-electron chi connectivity index (χ2n) is 18.7. The van der Waals surface area contributed by atoms with Gasteiger partial charge in [-0.15, -0.1) is 0 Å². The quantitative estimate of drug-likeness (QED) is 0.102. The molecule has 0 fully saturated rings. The third kappa shape index (κ3) is 8.26. The van der Waals surface area contributed by atoms with E-state index in [2.05, 4.69) is 196 Å². The van der Waals surface area contributed by atoms with Gasteiger partial charge < -0.3 is 9.80 Å². The van der Waals surface area contributed by atoms with E-state index in [0.29, 0.717) is 11.1 Å². The minimum atomic E-state index is -1.47. The van der Waals surface area contributed by atoms with Crippen molar-refractivity contribution in [1.29, 1.82) is 10.5 Å². The lowest BCUT2D eigenvalue weighted by Gasteiger charge is -2.29. The molecule has 0 aliphatic heterocycles.